The zero-order chi connectivity index (χ0) is 10.1. The van der Waals surface area contributed by atoms with Crippen molar-refractivity contribution in [3.8, 4) is 5.88 Å². The summed E-state index contributed by atoms with van der Waals surface area (Å²) < 4.78 is 5.09. The molecule has 0 spiro atoms. The lowest BCUT2D eigenvalue weighted by Crippen LogP contribution is -2.27. The van der Waals surface area contributed by atoms with Crippen LogP contribution in [-0.2, 0) is 13.0 Å². The first kappa shape index (κ1) is 9.27. The number of ether oxygens (including phenoxy) is 1. The Morgan fingerprint density at radius 3 is 3.07 bits per heavy atom. The summed E-state index contributed by atoms with van der Waals surface area (Å²) in [5, 5.41) is 0. The number of methoxy groups -OCH3 is 1. The van der Waals surface area contributed by atoms with E-state index in [-0.39, 0.29) is 0 Å². The molecule has 2 N–H and O–H groups in total. The third-order valence-electron chi connectivity index (χ3n) is 2.55. The van der Waals surface area contributed by atoms with E-state index in [0.29, 0.717) is 11.6 Å². The molecule has 0 atom stereocenters. The maximum Gasteiger partial charge on any atom is 0.237 e. The third kappa shape index (κ3) is 1.53. The first-order chi connectivity index (χ1) is 6.70. The fourth-order valence-corrected chi connectivity index (χ4v) is 1.78. The Morgan fingerprint density at radius 1 is 1.57 bits per heavy atom. The third-order valence-corrected chi connectivity index (χ3v) is 2.55. The molecule has 1 aromatic heterocycles. The minimum Gasteiger partial charge on any atom is -0.480 e. The Kier molecular flexibility index (Phi) is 2.29. The zero-order valence-electron chi connectivity index (χ0n) is 8.58. The number of fused-ring (bicyclic) bond motifs is 1. The number of aromatic nitrogens is 1. The summed E-state index contributed by atoms with van der Waals surface area (Å²) in [6.45, 7) is 1.98. The monoisotopic (exact) mass is 193 g/mol. The molecule has 0 aliphatic carbocycles. The molecule has 4 nitrogen and oxygen atoms in total. The number of rotatable bonds is 1. The fourth-order valence-electron chi connectivity index (χ4n) is 1.78. The van der Waals surface area contributed by atoms with Crippen LogP contribution in [-0.4, -0.2) is 30.6 Å². The number of pyridine rings is 1. The smallest absolute Gasteiger partial charge is 0.237 e. The molecule has 76 valence electrons. The quantitative estimate of drug-likeness (QED) is 0.712. The molecule has 14 heavy (non-hydrogen) atoms. The van der Waals surface area contributed by atoms with Crippen LogP contribution < -0.4 is 10.5 Å². The van der Waals surface area contributed by atoms with Crippen molar-refractivity contribution < 1.29 is 4.74 Å². The van der Waals surface area contributed by atoms with Gasteiger partial charge in [0, 0.05) is 19.5 Å². The standard InChI is InChI=1S/C10H15N3O/c1-13-4-3-9-7(6-13)5-8(11)10(12-9)14-2/h5H,3-4,6,11H2,1-2H3. The van der Waals surface area contributed by atoms with Crippen LogP contribution in [0.5, 0.6) is 5.88 Å². The Labute approximate surface area is 83.7 Å². The highest BCUT2D eigenvalue weighted by Gasteiger charge is 2.16. The SMILES string of the molecule is COc1nc2c(cc1N)CN(C)CC2. The van der Waals surface area contributed by atoms with Crippen LogP contribution in [0.3, 0.4) is 0 Å². The van der Waals surface area contributed by atoms with Gasteiger partial charge in [0.1, 0.15) is 0 Å². The van der Waals surface area contributed by atoms with Gasteiger partial charge in [0.25, 0.3) is 0 Å². The molecule has 1 aliphatic rings. The number of hydrogen-bond acceptors (Lipinski definition) is 4. The van der Waals surface area contributed by atoms with Gasteiger partial charge in [-0.1, -0.05) is 0 Å². The summed E-state index contributed by atoms with van der Waals surface area (Å²) in [6, 6.07) is 1.97. The molecular formula is C10H15N3O. The molecule has 0 amide bonds. The van der Waals surface area contributed by atoms with Gasteiger partial charge >= 0.3 is 0 Å². The van der Waals surface area contributed by atoms with Crippen molar-refractivity contribution >= 4 is 5.69 Å². The zero-order valence-corrected chi connectivity index (χ0v) is 8.58. The predicted molar refractivity (Wildman–Crippen MR) is 55.2 cm³/mol. The summed E-state index contributed by atoms with van der Waals surface area (Å²) in [6.07, 6.45) is 0.975. The lowest BCUT2D eigenvalue weighted by Gasteiger charge is -2.24. The second kappa shape index (κ2) is 3.46. The number of hydrogen-bond donors (Lipinski definition) is 1. The molecule has 0 saturated carbocycles. The minimum atomic E-state index is 0.549. The van der Waals surface area contributed by atoms with Crippen molar-refractivity contribution in [2.45, 2.75) is 13.0 Å². The Balaban J connectivity index is 2.40. The molecule has 1 aliphatic heterocycles. The fraction of sp³-hybridized carbons (Fsp3) is 0.500. The van der Waals surface area contributed by atoms with Gasteiger partial charge in [-0.2, -0.15) is 0 Å². The molecule has 2 heterocycles. The van der Waals surface area contributed by atoms with Crippen LogP contribution in [0.2, 0.25) is 0 Å². The largest absolute Gasteiger partial charge is 0.480 e. The van der Waals surface area contributed by atoms with Crippen molar-refractivity contribution in [1.82, 2.24) is 9.88 Å². The summed E-state index contributed by atoms with van der Waals surface area (Å²) in [4.78, 5) is 6.65. The van der Waals surface area contributed by atoms with E-state index in [1.165, 1.54) is 5.56 Å². The predicted octanol–water partition coefficient (Wildman–Crippen LogP) is 0.660. The second-order valence-electron chi connectivity index (χ2n) is 3.68. The van der Waals surface area contributed by atoms with Crippen LogP contribution in [0.25, 0.3) is 0 Å². The van der Waals surface area contributed by atoms with E-state index in [4.69, 9.17) is 10.5 Å². The topological polar surface area (TPSA) is 51.4 Å². The first-order valence-electron chi connectivity index (χ1n) is 4.71. The number of nitrogens with two attached hydrogens (primary N) is 1. The van der Waals surface area contributed by atoms with Gasteiger partial charge in [0.05, 0.1) is 18.5 Å². The lowest BCUT2D eigenvalue weighted by atomic mass is 10.1. The molecule has 2 rings (SSSR count). The Morgan fingerprint density at radius 2 is 2.36 bits per heavy atom. The second-order valence-corrected chi connectivity index (χ2v) is 3.68. The number of nitrogen functional groups attached to an aromatic ring is 1. The number of anilines is 1. The van der Waals surface area contributed by atoms with E-state index >= 15 is 0 Å². The first-order valence-corrected chi connectivity index (χ1v) is 4.71. The molecule has 0 fully saturated rings. The van der Waals surface area contributed by atoms with Crippen molar-refractivity contribution in [3.05, 3.63) is 17.3 Å². The van der Waals surface area contributed by atoms with Crippen molar-refractivity contribution in [2.24, 2.45) is 0 Å². The van der Waals surface area contributed by atoms with Crippen molar-refractivity contribution in [3.63, 3.8) is 0 Å². The van der Waals surface area contributed by atoms with E-state index in [1.54, 1.807) is 7.11 Å². The normalized spacial score (nSPS) is 16.4. The van der Waals surface area contributed by atoms with Crippen LogP contribution >= 0.6 is 0 Å². The highest BCUT2D eigenvalue weighted by molar-refractivity contribution is 5.51. The Hall–Kier alpha value is -1.29. The minimum absolute atomic E-state index is 0.549. The van der Waals surface area contributed by atoms with Gasteiger partial charge in [-0.05, 0) is 18.7 Å². The van der Waals surface area contributed by atoms with Gasteiger partial charge in [0.2, 0.25) is 5.88 Å². The van der Waals surface area contributed by atoms with Gasteiger partial charge < -0.3 is 15.4 Å². The molecular weight excluding hydrogens is 178 g/mol. The summed E-state index contributed by atoms with van der Waals surface area (Å²) in [5.41, 5.74) is 8.76. The molecule has 4 heteroatoms. The molecule has 0 radical (unpaired) electrons. The summed E-state index contributed by atoms with van der Waals surface area (Å²) >= 11 is 0. The molecule has 0 aromatic carbocycles. The molecule has 0 unspecified atom stereocenters. The van der Waals surface area contributed by atoms with E-state index < -0.39 is 0 Å². The highest BCUT2D eigenvalue weighted by atomic mass is 16.5. The molecule has 0 saturated heterocycles. The average Bonchev–Trinajstić information content (AvgIpc) is 2.16. The van der Waals surface area contributed by atoms with Crippen LogP contribution in [0.1, 0.15) is 11.3 Å². The summed E-state index contributed by atoms with van der Waals surface area (Å²) in [5.74, 6) is 0.549. The maximum atomic E-state index is 5.79. The van der Waals surface area contributed by atoms with Gasteiger partial charge in [-0.3, -0.25) is 0 Å². The van der Waals surface area contributed by atoms with Gasteiger partial charge in [-0.25, -0.2) is 4.98 Å². The van der Waals surface area contributed by atoms with E-state index in [9.17, 15) is 0 Å². The summed E-state index contributed by atoms with van der Waals surface area (Å²) in [7, 11) is 3.70. The number of likely N-dealkylation sites (N-methyl/N-ethyl adjacent to an activating group) is 1. The average molecular weight is 193 g/mol. The lowest BCUT2D eigenvalue weighted by molar-refractivity contribution is 0.307. The number of nitrogens with zero attached hydrogens (tertiary/aromatic N) is 2. The highest BCUT2D eigenvalue weighted by Crippen LogP contribution is 2.25. The van der Waals surface area contributed by atoms with Crippen LogP contribution in [0.4, 0.5) is 5.69 Å². The van der Waals surface area contributed by atoms with Crippen molar-refractivity contribution in [2.75, 3.05) is 26.4 Å². The Bertz CT molecular complexity index is 351. The van der Waals surface area contributed by atoms with Gasteiger partial charge in [0.15, 0.2) is 0 Å². The maximum absolute atomic E-state index is 5.79. The van der Waals surface area contributed by atoms with Crippen molar-refractivity contribution in [1.29, 1.82) is 0 Å². The van der Waals surface area contributed by atoms with Crippen LogP contribution in [0.15, 0.2) is 6.07 Å². The van der Waals surface area contributed by atoms with Gasteiger partial charge in [-0.15, -0.1) is 0 Å². The van der Waals surface area contributed by atoms with E-state index in [2.05, 4.69) is 16.9 Å². The van der Waals surface area contributed by atoms with E-state index in [1.807, 2.05) is 6.07 Å². The molecule has 1 aromatic rings. The van der Waals surface area contributed by atoms with E-state index in [0.717, 1.165) is 25.2 Å². The van der Waals surface area contributed by atoms with Crippen LogP contribution in [0, 0.1) is 0 Å². The molecule has 0 bridgehead atoms.